The monoisotopic (exact) mass is 518 g/mol. The highest BCUT2D eigenvalue weighted by Gasteiger charge is 2.15. The molecule has 166 valence electrons. The van der Waals surface area contributed by atoms with Crippen LogP contribution in [0.1, 0.15) is 52.2 Å². The first-order valence-electron chi connectivity index (χ1n) is 10.7. The lowest BCUT2D eigenvalue weighted by molar-refractivity contribution is 0.180. The van der Waals surface area contributed by atoms with Gasteiger partial charge in [0.15, 0.2) is 5.96 Å². The van der Waals surface area contributed by atoms with Crippen molar-refractivity contribution in [3.05, 3.63) is 29.8 Å². The van der Waals surface area contributed by atoms with Crippen LogP contribution in [0, 0.1) is 5.92 Å². The summed E-state index contributed by atoms with van der Waals surface area (Å²) in [5.41, 5.74) is 0.863. The van der Waals surface area contributed by atoms with Gasteiger partial charge in [0.25, 0.3) is 0 Å². The van der Waals surface area contributed by atoms with Gasteiger partial charge in [0.1, 0.15) is 5.75 Å². The van der Waals surface area contributed by atoms with Crippen LogP contribution in [0.3, 0.4) is 0 Å². The fraction of sp³-hybridized carbons (Fsp3) is 0.682. The number of hydrogen-bond acceptors (Lipinski definition) is 4. The second-order valence-electron chi connectivity index (χ2n) is 7.96. The summed E-state index contributed by atoms with van der Waals surface area (Å²) in [7, 11) is 0. The minimum atomic E-state index is -0.598. The Bertz CT molecular complexity index is 589. The summed E-state index contributed by atoms with van der Waals surface area (Å²) < 4.78 is 5.65. The van der Waals surface area contributed by atoms with Crippen molar-refractivity contribution in [3.63, 3.8) is 0 Å². The Labute approximate surface area is 193 Å². The van der Waals surface area contributed by atoms with Gasteiger partial charge < -0.3 is 25.4 Å². The summed E-state index contributed by atoms with van der Waals surface area (Å²) in [5, 5.41) is 17.0. The van der Waals surface area contributed by atoms with Gasteiger partial charge in [-0.15, -0.1) is 24.0 Å². The van der Waals surface area contributed by atoms with E-state index in [0.717, 1.165) is 36.9 Å². The van der Waals surface area contributed by atoms with E-state index in [1.165, 1.54) is 25.9 Å². The number of aliphatic hydroxyl groups excluding tert-OH is 1. The Morgan fingerprint density at radius 2 is 1.79 bits per heavy atom. The molecule has 0 bridgehead atoms. The molecular weight excluding hydrogens is 479 g/mol. The van der Waals surface area contributed by atoms with E-state index in [0.29, 0.717) is 12.5 Å². The Hall–Kier alpha value is -1.06. The Morgan fingerprint density at radius 1 is 1.14 bits per heavy atom. The second kappa shape index (κ2) is 14.0. The van der Waals surface area contributed by atoms with Crippen LogP contribution in [0.2, 0.25) is 0 Å². The molecule has 1 fully saturated rings. The van der Waals surface area contributed by atoms with Crippen LogP contribution in [-0.4, -0.2) is 61.3 Å². The number of nitrogens with one attached hydrogen (secondary N) is 2. The first-order chi connectivity index (χ1) is 13.5. The molecular formula is C22H39IN4O2. The molecule has 0 amide bonds. The third-order valence-corrected chi connectivity index (χ3v) is 4.77. The molecule has 0 aromatic heterocycles. The standard InChI is InChI=1S/C22H38N4O2.HI/c1-5-23-22(24-14-18(4)16-26-12-6-7-13-26)25-15-21(27)19-8-10-20(11-9-19)28-17(2)3;/h8-11,17-18,21,27H,5-7,12-16H2,1-4H3,(H2,23,24,25);1H. The largest absolute Gasteiger partial charge is 0.491 e. The van der Waals surface area contributed by atoms with Crippen molar-refractivity contribution in [2.24, 2.45) is 10.9 Å². The van der Waals surface area contributed by atoms with E-state index in [1.54, 1.807) is 0 Å². The number of guanidine groups is 1. The number of likely N-dealkylation sites (tertiary alicyclic amines) is 1. The SMILES string of the molecule is CCNC(=NCC(C)CN1CCCC1)NCC(O)c1ccc(OC(C)C)cc1.I. The van der Waals surface area contributed by atoms with Crippen LogP contribution >= 0.6 is 24.0 Å². The molecule has 0 saturated carbocycles. The molecule has 2 rings (SSSR count). The number of rotatable bonds is 10. The molecule has 1 saturated heterocycles. The number of benzene rings is 1. The van der Waals surface area contributed by atoms with E-state index < -0.39 is 6.10 Å². The third-order valence-electron chi connectivity index (χ3n) is 4.77. The van der Waals surface area contributed by atoms with Crippen molar-refractivity contribution >= 4 is 29.9 Å². The summed E-state index contributed by atoms with van der Waals surface area (Å²) in [5.74, 6) is 2.10. The Balaban J connectivity index is 0.00000420. The topological polar surface area (TPSA) is 69.1 Å². The molecule has 0 radical (unpaired) electrons. The molecule has 1 aromatic rings. The van der Waals surface area contributed by atoms with E-state index >= 15 is 0 Å². The third kappa shape index (κ3) is 10.00. The Morgan fingerprint density at radius 3 is 2.38 bits per heavy atom. The fourth-order valence-electron chi connectivity index (χ4n) is 3.40. The Kier molecular flexibility index (Phi) is 12.6. The molecule has 2 unspecified atom stereocenters. The van der Waals surface area contributed by atoms with Crippen LogP contribution in [0.5, 0.6) is 5.75 Å². The predicted octanol–water partition coefficient (Wildman–Crippen LogP) is 3.41. The van der Waals surface area contributed by atoms with E-state index in [2.05, 4.69) is 29.4 Å². The summed E-state index contributed by atoms with van der Waals surface area (Å²) >= 11 is 0. The lowest BCUT2D eigenvalue weighted by Gasteiger charge is -2.20. The average Bonchev–Trinajstić information content (AvgIpc) is 3.17. The van der Waals surface area contributed by atoms with Gasteiger partial charge in [-0.1, -0.05) is 19.1 Å². The summed E-state index contributed by atoms with van der Waals surface area (Å²) in [6.07, 6.45) is 2.19. The van der Waals surface area contributed by atoms with Crippen molar-refractivity contribution in [3.8, 4) is 5.75 Å². The average molecular weight is 518 g/mol. The molecule has 6 nitrogen and oxygen atoms in total. The highest BCUT2D eigenvalue weighted by Crippen LogP contribution is 2.18. The van der Waals surface area contributed by atoms with Gasteiger partial charge in [-0.3, -0.25) is 4.99 Å². The van der Waals surface area contributed by atoms with E-state index in [1.807, 2.05) is 38.1 Å². The van der Waals surface area contributed by atoms with Gasteiger partial charge in [0, 0.05) is 26.2 Å². The fourth-order valence-corrected chi connectivity index (χ4v) is 3.40. The van der Waals surface area contributed by atoms with Crippen molar-refractivity contribution in [2.45, 2.75) is 52.7 Å². The van der Waals surface area contributed by atoms with Gasteiger partial charge in [-0.2, -0.15) is 0 Å². The van der Waals surface area contributed by atoms with Crippen LogP contribution in [-0.2, 0) is 0 Å². The maximum atomic E-state index is 10.5. The van der Waals surface area contributed by atoms with Gasteiger partial charge in [-0.25, -0.2) is 0 Å². The zero-order valence-corrected chi connectivity index (χ0v) is 20.7. The highest BCUT2D eigenvalue weighted by molar-refractivity contribution is 14.0. The number of aliphatic hydroxyl groups is 1. The van der Waals surface area contributed by atoms with E-state index in [-0.39, 0.29) is 30.1 Å². The molecule has 0 spiro atoms. The summed E-state index contributed by atoms with van der Waals surface area (Å²) in [6, 6.07) is 7.62. The number of nitrogens with zero attached hydrogens (tertiary/aromatic N) is 2. The van der Waals surface area contributed by atoms with Gasteiger partial charge in [0.2, 0.25) is 0 Å². The molecule has 0 aliphatic carbocycles. The number of hydrogen-bond donors (Lipinski definition) is 3. The quantitative estimate of drug-likeness (QED) is 0.252. The van der Waals surface area contributed by atoms with Gasteiger partial charge >= 0.3 is 0 Å². The zero-order chi connectivity index (χ0) is 20.4. The maximum absolute atomic E-state index is 10.5. The lowest BCUT2D eigenvalue weighted by Crippen LogP contribution is -2.40. The minimum absolute atomic E-state index is 0. The van der Waals surface area contributed by atoms with Crippen molar-refractivity contribution in [1.29, 1.82) is 0 Å². The van der Waals surface area contributed by atoms with Gasteiger partial charge in [0.05, 0.1) is 12.2 Å². The molecule has 2 atom stereocenters. The zero-order valence-electron chi connectivity index (χ0n) is 18.4. The maximum Gasteiger partial charge on any atom is 0.191 e. The van der Waals surface area contributed by atoms with Crippen LogP contribution in [0.4, 0.5) is 0 Å². The molecule has 1 aromatic carbocycles. The second-order valence-corrected chi connectivity index (χ2v) is 7.96. The van der Waals surface area contributed by atoms with E-state index in [4.69, 9.17) is 9.73 Å². The molecule has 7 heteroatoms. The number of aliphatic imine (C=N–C) groups is 1. The lowest BCUT2D eigenvalue weighted by atomic mass is 10.1. The minimum Gasteiger partial charge on any atom is -0.491 e. The van der Waals surface area contributed by atoms with Crippen LogP contribution in [0.25, 0.3) is 0 Å². The molecule has 3 N–H and O–H groups in total. The van der Waals surface area contributed by atoms with Crippen molar-refractivity contribution < 1.29 is 9.84 Å². The first kappa shape index (κ1) is 26.0. The van der Waals surface area contributed by atoms with Crippen LogP contribution in [0.15, 0.2) is 29.3 Å². The van der Waals surface area contributed by atoms with Crippen LogP contribution < -0.4 is 15.4 Å². The summed E-state index contributed by atoms with van der Waals surface area (Å²) in [6.45, 7) is 13.8. The number of ether oxygens (including phenoxy) is 1. The molecule has 1 heterocycles. The summed E-state index contributed by atoms with van der Waals surface area (Å²) in [4.78, 5) is 7.23. The normalized spacial score (nSPS) is 17.0. The smallest absolute Gasteiger partial charge is 0.191 e. The van der Waals surface area contributed by atoms with Crippen molar-refractivity contribution in [1.82, 2.24) is 15.5 Å². The molecule has 1 aliphatic heterocycles. The van der Waals surface area contributed by atoms with Crippen molar-refractivity contribution in [2.75, 3.05) is 39.3 Å². The molecule has 1 aliphatic rings. The van der Waals surface area contributed by atoms with Gasteiger partial charge in [-0.05, 0) is 70.3 Å². The molecule has 29 heavy (non-hydrogen) atoms. The highest BCUT2D eigenvalue weighted by atomic mass is 127. The van der Waals surface area contributed by atoms with E-state index in [9.17, 15) is 5.11 Å². The predicted molar refractivity (Wildman–Crippen MR) is 131 cm³/mol. The number of halogens is 1. The first-order valence-corrected chi connectivity index (χ1v) is 10.7.